The van der Waals surface area contributed by atoms with Gasteiger partial charge in [-0.2, -0.15) is 0 Å². The summed E-state index contributed by atoms with van der Waals surface area (Å²) in [5, 5.41) is 0. The first kappa shape index (κ1) is 14.9. The maximum atomic E-state index is 5.49. The minimum atomic E-state index is -0.0605. The molecule has 3 N–H and O–H groups in total. The summed E-state index contributed by atoms with van der Waals surface area (Å²) in [6.07, 6.45) is 0. The summed E-state index contributed by atoms with van der Waals surface area (Å²) in [4.78, 5) is 10.0. The Hall–Kier alpha value is -0.500. The fourth-order valence-electron chi connectivity index (χ4n) is 1.47. The third-order valence-corrected chi connectivity index (χ3v) is 5.76. The second-order valence-electron chi connectivity index (χ2n) is 5.09. The molecule has 0 aliphatic rings. The van der Waals surface area contributed by atoms with Crippen LogP contribution in [0.1, 0.15) is 26.5 Å². The quantitative estimate of drug-likeness (QED) is 0.577. The zero-order valence-electron chi connectivity index (χ0n) is 10.8. The summed E-state index contributed by atoms with van der Waals surface area (Å²) in [6.45, 7) is 6.33. The van der Waals surface area contributed by atoms with Gasteiger partial charge in [-0.3, -0.25) is 0 Å². The normalized spacial score (nSPS) is 11.7. The molecular weight excluding hydrogens is 392 g/mol. The van der Waals surface area contributed by atoms with Crippen LogP contribution in [0.4, 0.5) is 5.82 Å². The van der Waals surface area contributed by atoms with Gasteiger partial charge in [0.05, 0.1) is 14.4 Å². The summed E-state index contributed by atoms with van der Waals surface area (Å²) in [5.74, 6) is 6.79. The summed E-state index contributed by atoms with van der Waals surface area (Å²) >= 11 is 8.54. The Bertz CT molecular complexity index is 585. The lowest BCUT2D eigenvalue weighted by Gasteiger charge is -2.19. The molecule has 0 aliphatic carbocycles. The standard InChI is InChI=1S/C12H14Br2N4S/c1-12(2,3)8-5-9(18-15)17-11(16-8)7-4-6(13)10(14)19-7/h4-5H,15H2,1-3H3,(H,16,17,18). The molecule has 19 heavy (non-hydrogen) atoms. The lowest BCUT2D eigenvalue weighted by molar-refractivity contribution is 0.568. The predicted octanol–water partition coefficient (Wildman–Crippen LogP) is 4.31. The first-order valence-electron chi connectivity index (χ1n) is 5.62. The number of hydrogen-bond donors (Lipinski definition) is 2. The van der Waals surface area contributed by atoms with E-state index in [0.29, 0.717) is 11.6 Å². The molecule has 0 saturated heterocycles. The van der Waals surface area contributed by atoms with Crippen molar-refractivity contribution in [3.8, 4) is 10.7 Å². The zero-order valence-corrected chi connectivity index (χ0v) is 14.8. The molecule has 0 aliphatic heterocycles. The molecule has 0 aromatic carbocycles. The van der Waals surface area contributed by atoms with Crippen LogP contribution in [-0.2, 0) is 5.41 Å². The summed E-state index contributed by atoms with van der Waals surface area (Å²) in [5.41, 5.74) is 3.49. The smallest absolute Gasteiger partial charge is 0.172 e. The number of hydrogen-bond acceptors (Lipinski definition) is 5. The number of anilines is 1. The highest BCUT2D eigenvalue weighted by atomic mass is 79.9. The molecule has 0 atom stereocenters. The summed E-state index contributed by atoms with van der Waals surface area (Å²) in [6, 6.07) is 3.87. The van der Waals surface area contributed by atoms with Crippen molar-refractivity contribution >= 4 is 49.0 Å². The van der Waals surface area contributed by atoms with Crippen LogP contribution < -0.4 is 11.3 Å². The monoisotopic (exact) mass is 404 g/mol. The minimum Gasteiger partial charge on any atom is -0.308 e. The fraction of sp³-hybridized carbons (Fsp3) is 0.333. The van der Waals surface area contributed by atoms with Crippen LogP contribution in [0.5, 0.6) is 0 Å². The number of nitrogens with one attached hydrogen (secondary N) is 1. The second-order valence-corrected chi connectivity index (χ2v) is 8.31. The Labute approximate surface area is 133 Å². The molecule has 0 amide bonds. The second kappa shape index (κ2) is 5.47. The first-order chi connectivity index (χ1) is 8.81. The zero-order chi connectivity index (χ0) is 14.2. The molecule has 2 rings (SSSR count). The molecule has 2 aromatic heterocycles. The Kier molecular flexibility index (Phi) is 4.29. The Morgan fingerprint density at radius 3 is 2.37 bits per heavy atom. The number of nitrogens with zero attached hydrogens (tertiary/aromatic N) is 2. The van der Waals surface area contributed by atoms with Crippen molar-refractivity contribution in [2.24, 2.45) is 5.84 Å². The lowest BCUT2D eigenvalue weighted by atomic mass is 9.92. The number of thiophene rings is 1. The van der Waals surface area contributed by atoms with E-state index in [4.69, 9.17) is 5.84 Å². The van der Waals surface area contributed by atoms with E-state index in [0.717, 1.165) is 18.8 Å². The van der Waals surface area contributed by atoms with Gasteiger partial charge in [-0.25, -0.2) is 15.8 Å². The van der Waals surface area contributed by atoms with Gasteiger partial charge in [0.25, 0.3) is 0 Å². The van der Waals surface area contributed by atoms with E-state index in [1.165, 1.54) is 0 Å². The lowest BCUT2D eigenvalue weighted by Crippen LogP contribution is -2.17. The minimum absolute atomic E-state index is 0.0605. The van der Waals surface area contributed by atoms with Crippen LogP contribution in [0.3, 0.4) is 0 Å². The summed E-state index contributed by atoms with van der Waals surface area (Å²) in [7, 11) is 0. The highest BCUT2D eigenvalue weighted by Gasteiger charge is 2.19. The van der Waals surface area contributed by atoms with Gasteiger partial charge in [0.15, 0.2) is 5.82 Å². The molecule has 7 heteroatoms. The van der Waals surface area contributed by atoms with E-state index in [2.05, 4.69) is 68.0 Å². The van der Waals surface area contributed by atoms with E-state index in [-0.39, 0.29) is 5.41 Å². The Morgan fingerprint density at radius 2 is 1.89 bits per heavy atom. The number of nitrogen functional groups attached to an aromatic ring is 1. The molecule has 0 fully saturated rings. The first-order valence-corrected chi connectivity index (χ1v) is 8.03. The van der Waals surface area contributed by atoms with Crippen molar-refractivity contribution in [2.75, 3.05) is 5.43 Å². The maximum Gasteiger partial charge on any atom is 0.172 e. The number of nitrogens with two attached hydrogens (primary N) is 1. The molecule has 0 bridgehead atoms. The number of aromatic nitrogens is 2. The highest BCUT2D eigenvalue weighted by Crippen LogP contribution is 2.37. The van der Waals surface area contributed by atoms with E-state index in [9.17, 15) is 0 Å². The van der Waals surface area contributed by atoms with E-state index >= 15 is 0 Å². The van der Waals surface area contributed by atoms with Gasteiger partial charge in [-0.15, -0.1) is 11.3 Å². The maximum absolute atomic E-state index is 5.49. The largest absolute Gasteiger partial charge is 0.308 e. The van der Waals surface area contributed by atoms with Gasteiger partial charge in [0.2, 0.25) is 0 Å². The van der Waals surface area contributed by atoms with Gasteiger partial charge >= 0.3 is 0 Å². The van der Waals surface area contributed by atoms with Crippen LogP contribution in [0, 0.1) is 0 Å². The van der Waals surface area contributed by atoms with Gasteiger partial charge in [-0.05, 0) is 37.9 Å². The van der Waals surface area contributed by atoms with Crippen LogP contribution in [0.25, 0.3) is 10.7 Å². The third kappa shape index (κ3) is 3.34. The molecule has 0 unspecified atom stereocenters. The van der Waals surface area contributed by atoms with Gasteiger partial charge in [-0.1, -0.05) is 20.8 Å². The molecule has 4 nitrogen and oxygen atoms in total. The van der Waals surface area contributed by atoms with Crippen molar-refractivity contribution in [1.29, 1.82) is 0 Å². The van der Waals surface area contributed by atoms with Crippen molar-refractivity contribution in [2.45, 2.75) is 26.2 Å². The molecule has 0 spiro atoms. The van der Waals surface area contributed by atoms with E-state index < -0.39 is 0 Å². The van der Waals surface area contributed by atoms with E-state index in [1.54, 1.807) is 11.3 Å². The molecule has 0 saturated carbocycles. The van der Waals surface area contributed by atoms with Crippen LogP contribution >= 0.6 is 43.2 Å². The van der Waals surface area contributed by atoms with Crippen LogP contribution in [-0.4, -0.2) is 9.97 Å². The average Bonchev–Trinajstić information content (AvgIpc) is 2.68. The van der Waals surface area contributed by atoms with E-state index in [1.807, 2.05) is 12.1 Å². The SMILES string of the molecule is CC(C)(C)c1cc(NN)nc(-c2cc(Br)c(Br)s2)n1. The van der Waals surface area contributed by atoms with Gasteiger partial charge < -0.3 is 5.43 Å². The molecule has 102 valence electrons. The fourth-order valence-corrected chi connectivity index (χ4v) is 3.44. The summed E-state index contributed by atoms with van der Waals surface area (Å²) < 4.78 is 2.02. The molecule has 2 heterocycles. The van der Waals surface area contributed by atoms with Crippen molar-refractivity contribution in [3.05, 3.63) is 26.1 Å². The number of hydrazine groups is 1. The van der Waals surface area contributed by atoms with Crippen LogP contribution in [0.2, 0.25) is 0 Å². The molecule has 2 aromatic rings. The van der Waals surface area contributed by atoms with Crippen LogP contribution in [0.15, 0.2) is 20.4 Å². The van der Waals surface area contributed by atoms with Crippen molar-refractivity contribution < 1.29 is 0 Å². The average molecular weight is 406 g/mol. The van der Waals surface area contributed by atoms with Gasteiger partial charge in [0.1, 0.15) is 5.82 Å². The third-order valence-electron chi connectivity index (χ3n) is 2.51. The van der Waals surface area contributed by atoms with Crippen molar-refractivity contribution in [1.82, 2.24) is 9.97 Å². The Balaban J connectivity index is 2.57. The number of halogens is 2. The Morgan fingerprint density at radius 1 is 1.21 bits per heavy atom. The topological polar surface area (TPSA) is 63.8 Å². The molecule has 0 radical (unpaired) electrons. The number of rotatable bonds is 2. The predicted molar refractivity (Wildman–Crippen MR) is 87.3 cm³/mol. The van der Waals surface area contributed by atoms with Crippen molar-refractivity contribution in [3.63, 3.8) is 0 Å². The molecular formula is C12H14Br2N4S. The van der Waals surface area contributed by atoms with Gasteiger partial charge in [0, 0.05) is 16.0 Å². The highest BCUT2D eigenvalue weighted by molar-refractivity contribution is 9.13.